The van der Waals surface area contributed by atoms with Crippen LogP contribution in [-0.2, 0) is 4.79 Å². The van der Waals surface area contributed by atoms with Crippen molar-refractivity contribution in [3.05, 3.63) is 64.9 Å². The highest BCUT2D eigenvalue weighted by molar-refractivity contribution is 6.02. The lowest BCUT2D eigenvalue weighted by Gasteiger charge is -2.13. The van der Waals surface area contributed by atoms with Crippen LogP contribution in [-0.4, -0.2) is 25.1 Å². The molecule has 2 aromatic rings. The van der Waals surface area contributed by atoms with Crippen molar-refractivity contribution in [1.82, 2.24) is 5.32 Å². The molecule has 6 nitrogen and oxygen atoms in total. The number of carbonyl (C=O) groups excluding carboxylic acids is 2. The van der Waals surface area contributed by atoms with Crippen LogP contribution in [0.25, 0.3) is 6.08 Å². The SMILES string of the molecule is CCOc1ccc(/C=C(/NC(=O)c2ccc(C)cc2)C(=O)[O-])cc1OCC. The number of nitrogens with one attached hydrogen (secondary N) is 1. The van der Waals surface area contributed by atoms with Gasteiger partial charge in [0, 0.05) is 5.56 Å². The lowest BCUT2D eigenvalue weighted by molar-refractivity contribution is -0.299. The highest BCUT2D eigenvalue weighted by Crippen LogP contribution is 2.29. The summed E-state index contributed by atoms with van der Waals surface area (Å²) in [5, 5.41) is 13.8. The van der Waals surface area contributed by atoms with E-state index in [1.54, 1.807) is 42.5 Å². The lowest BCUT2D eigenvalue weighted by Crippen LogP contribution is -2.35. The van der Waals surface area contributed by atoms with E-state index in [0.29, 0.717) is 35.8 Å². The van der Waals surface area contributed by atoms with Gasteiger partial charge >= 0.3 is 0 Å². The second-order valence-corrected chi connectivity index (χ2v) is 5.74. The number of aryl methyl sites for hydroxylation is 1. The number of hydrogen-bond donors (Lipinski definition) is 1. The Morgan fingerprint density at radius 1 is 1.00 bits per heavy atom. The van der Waals surface area contributed by atoms with E-state index >= 15 is 0 Å². The second-order valence-electron chi connectivity index (χ2n) is 5.74. The van der Waals surface area contributed by atoms with Gasteiger partial charge in [0.1, 0.15) is 0 Å². The highest BCUT2D eigenvalue weighted by Gasteiger charge is 2.10. The first kappa shape index (κ1) is 20.0. The van der Waals surface area contributed by atoms with Crippen molar-refractivity contribution in [3.63, 3.8) is 0 Å². The predicted octanol–water partition coefficient (Wildman–Crippen LogP) is 2.31. The maximum atomic E-state index is 12.3. The molecule has 6 heteroatoms. The number of ether oxygens (including phenoxy) is 2. The number of carbonyl (C=O) groups is 2. The summed E-state index contributed by atoms with van der Waals surface area (Å²) >= 11 is 0. The molecule has 0 fully saturated rings. The summed E-state index contributed by atoms with van der Waals surface area (Å²) < 4.78 is 11.0. The van der Waals surface area contributed by atoms with Gasteiger partial charge in [0.25, 0.3) is 5.91 Å². The quantitative estimate of drug-likeness (QED) is 0.723. The van der Waals surface area contributed by atoms with Crippen molar-refractivity contribution in [2.24, 2.45) is 0 Å². The Morgan fingerprint density at radius 3 is 2.22 bits per heavy atom. The minimum absolute atomic E-state index is 0.341. The fraction of sp³-hybridized carbons (Fsp3) is 0.238. The molecule has 2 aromatic carbocycles. The zero-order chi connectivity index (χ0) is 19.8. The molecule has 0 aliphatic rings. The van der Waals surface area contributed by atoms with Crippen molar-refractivity contribution >= 4 is 18.0 Å². The molecule has 0 heterocycles. The normalized spacial score (nSPS) is 11.0. The van der Waals surface area contributed by atoms with Crippen molar-refractivity contribution < 1.29 is 24.2 Å². The Kier molecular flexibility index (Phi) is 7.00. The minimum atomic E-state index is -1.48. The molecule has 2 rings (SSSR count). The second kappa shape index (κ2) is 9.43. The van der Waals surface area contributed by atoms with E-state index in [2.05, 4.69) is 5.32 Å². The van der Waals surface area contributed by atoms with Crippen LogP contribution in [0.15, 0.2) is 48.2 Å². The maximum Gasteiger partial charge on any atom is 0.255 e. The van der Waals surface area contributed by atoms with Crippen LogP contribution in [0.2, 0.25) is 0 Å². The molecule has 0 bridgehead atoms. The molecule has 1 amide bonds. The molecule has 1 N–H and O–H groups in total. The van der Waals surface area contributed by atoms with E-state index in [0.717, 1.165) is 5.56 Å². The van der Waals surface area contributed by atoms with Gasteiger partial charge < -0.3 is 24.7 Å². The first-order valence-electron chi connectivity index (χ1n) is 8.65. The minimum Gasteiger partial charge on any atom is -0.543 e. The molecule has 0 saturated heterocycles. The van der Waals surface area contributed by atoms with Crippen LogP contribution in [0.1, 0.15) is 35.3 Å². The fourth-order valence-corrected chi connectivity index (χ4v) is 2.37. The predicted molar refractivity (Wildman–Crippen MR) is 100 cm³/mol. The zero-order valence-corrected chi connectivity index (χ0v) is 15.6. The molecule has 0 spiro atoms. The van der Waals surface area contributed by atoms with Gasteiger partial charge in [0.15, 0.2) is 11.5 Å². The van der Waals surface area contributed by atoms with E-state index in [4.69, 9.17) is 9.47 Å². The van der Waals surface area contributed by atoms with E-state index < -0.39 is 11.9 Å². The van der Waals surface area contributed by atoms with E-state index in [-0.39, 0.29) is 5.70 Å². The van der Waals surface area contributed by atoms with Crippen LogP contribution < -0.4 is 19.9 Å². The third-order valence-corrected chi connectivity index (χ3v) is 3.66. The van der Waals surface area contributed by atoms with Gasteiger partial charge in [-0.15, -0.1) is 0 Å². The number of hydrogen-bond acceptors (Lipinski definition) is 5. The molecular formula is C21H22NO5-. The monoisotopic (exact) mass is 368 g/mol. The topological polar surface area (TPSA) is 87.7 Å². The van der Waals surface area contributed by atoms with Gasteiger partial charge in [-0.1, -0.05) is 23.8 Å². The van der Waals surface area contributed by atoms with Crippen molar-refractivity contribution in [2.75, 3.05) is 13.2 Å². The van der Waals surface area contributed by atoms with Gasteiger partial charge in [-0.25, -0.2) is 0 Å². The molecule has 0 atom stereocenters. The average Bonchev–Trinajstić information content (AvgIpc) is 2.64. The molecule has 0 saturated carbocycles. The van der Waals surface area contributed by atoms with Crippen molar-refractivity contribution in [2.45, 2.75) is 20.8 Å². The summed E-state index contributed by atoms with van der Waals surface area (Å²) in [6.07, 6.45) is 1.32. The van der Waals surface area contributed by atoms with Crippen LogP contribution in [0.3, 0.4) is 0 Å². The summed E-state index contributed by atoms with van der Waals surface area (Å²) in [7, 11) is 0. The number of carboxylic acid groups (broad SMARTS) is 1. The molecule has 0 aliphatic heterocycles. The van der Waals surface area contributed by atoms with Gasteiger partial charge in [0.05, 0.1) is 24.9 Å². The van der Waals surface area contributed by atoms with E-state index in [9.17, 15) is 14.7 Å². The standard InChI is InChI=1S/C21H23NO5/c1-4-26-18-11-8-15(13-19(18)27-5-2)12-17(21(24)25)22-20(23)16-9-6-14(3)7-10-16/h6-13H,4-5H2,1-3H3,(H,22,23)(H,24,25)/p-1/b17-12+. The third kappa shape index (κ3) is 5.60. The van der Waals surface area contributed by atoms with E-state index in [1.165, 1.54) is 6.08 Å². The van der Waals surface area contributed by atoms with Crippen LogP contribution in [0.4, 0.5) is 0 Å². The summed E-state index contributed by atoms with van der Waals surface area (Å²) in [6, 6.07) is 11.8. The molecule has 27 heavy (non-hydrogen) atoms. The zero-order valence-electron chi connectivity index (χ0n) is 15.6. The van der Waals surface area contributed by atoms with Crippen LogP contribution >= 0.6 is 0 Å². The largest absolute Gasteiger partial charge is 0.543 e. The summed E-state index contributed by atoms with van der Waals surface area (Å²) in [4.78, 5) is 23.7. The fourth-order valence-electron chi connectivity index (χ4n) is 2.37. The molecule has 0 aliphatic carbocycles. The van der Waals surface area contributed by atoms with Crippen LogP contribution in [0.5, 0.6) is 11.5 Å². The molecular weight excluding hydrogens is 346 g/mol. The number of rotatable bonds is 8. The van der Waals surface area contributed by atoms with Gasteiger partial charge in [0.2, 0.25) is 0 Å². The first-order chi connectivity index (χ1) is 12.9. The number of amides is 1. The molecule has 0 aromatic heterocycles. The first-order valence-corrected chi connectivity index (χ1v) is 8.65. The van der Waals surface area contributed by atoms with Gasteiger partial charge in [-0.05, 0) is 56.7 Å². The Balaban J connectivity index is 2.28. The van der Waals surface area contributed by atoms with Crippen LogP contribution in [0, 0.1) is 6.92 Å². The van der Waals surface area contributed by atoms with Gasteiger partial charge in [-0.3, -0.25) is 4.79 Å². The molecule has 142 valence electrons. The van der Waals surface area contributed by atoms with Gasteiger partial charge in [-0.2, -0.15) is 0 Å². The Labute approximate surface area is 158 Å². The molecule has 0 unspecified atom stereocenters. The smallest absolute Gasteiger partial charge is 0.255 e. The molecule has 0 radical (unpaired) electrons. The summed E-state index contributed by atoms with van der Waals surface area (Å²) in [6.45, 7) is 6.51. The summed E-state index contributed by atoms with van der Waals surface area (Å²) in [5.74, 6) is -0.949. The third-order valence-electron chi connectivity index (χ3n) is 3.66. The number of aliphatic carboxylic acids is 1. The number of benzene rings is 2. The highest BCUT2D eigenvalue weighted by atomic mass is 16.5. The van der Waals surface area contributed by atoms with E-state index in [1.807, 2.05) is 20.8 Å². The average molecular weight is 368 g/mol. The Morgan fingerprint density at radius 2 is 1.63 bits per heavy atom. The lowest BCUT2D eigenvalue weighted by atomic mass is 10.1. The summed E-state index contributed by atoms with van der Waals surface area (Å²) in [5.41, 5.74) is 1.55. The Hall–Kier alpha value is -3.28. The Bertz CT molecular complexity index is 840. The maximum absolute atomic E-state index is 12.3. The number of carboxylic acids is 1. The van der Waals surface area contributed by atoms with Crippen molar-refractivity contribution in [1.29, 1.82) is 0 Å². The van der Waals surface area contributed by atoms with Crippen molar-refractivity contribution in [3.8, 4) is 11.5 Å².